The first-order valence-corrected chi connectivity index (χ1v) is 6.90. The summed E-state index contributed by atoms with van der Waals surface area (Å²) in [5.74, 6) is 1.68. The lowest BCUT2D eigenvalue weighted by molar-refractivity contribution is -0.120. The van der Waals surface area contributed by atoms with Crippen LogP contribution < -0.4 is 9.47 Å². The van der Waals surface area contributed by atoms with Gasteiger partial charge in [-0.25, -0.2) is 0 Å². The highest BCUT2D eigenvalue weighted by molar-refractivity contribution is 5.80. The summed E-state index contributed by atoms with van der Waals surface area (Å²) in [5.41, 5.74) is -0.345. The predicted molar refractivity (Wildman–Crippen MR) is 73.7 cm³/mol. The van der Waals surface area contributed by atoms with Crippen LogP contribution in [0.1, 0.15) is 31.2 Å². The number of Topliss-reactive ketones (excluding diaryl/α,β-unsaturated/α-hetero) is 1. The second-order valence-corrected chi connectivity index (χ2v) is 5.18. The Labute approximate surface area is 130 Å². The highest BCUT2D eigenvalue weighted by Gasteiger charge is 2.35. The Kier molecular flexibility index (Phi) is 5.14. The molecule has 7 heteroatoms. The summed E-state index contributed by atoms with van der Waals surface area (Å²) in [6, 6.07) is 3.74. The van der Waals surface area contributed by atoms with Gasteiger partial charge in [-0.2, -0.15) is 17.6 Å². The van der Waals surface area contributed by atoms with E-state index in [0.717, 1.165) is 6.07 Å². The number of hydrogen-bond acceptors (Lipinski definition) is 3. The lowest BCUT2D eigenvalue weighted by Crippen LogP contribution is -2.30. The highest BCUT2D eigenvalue weighted by atomic mass is 19.3. The minimum atomic E-state index is -3.19. The fraction of sp³-hybridized carbons (Fsp3) is 0.438. The lowest BCUT2D eigenvalue weighted by Gasteiger charge is -2.32. The van der Waals surface area contributed by atoms with Gasteiger partial charge >= 0.3 is 13.2 Å². The third-order valence-corrected chi connectivity index (χ3v) is 3.87. The number of halogens is 4. The third kappa shape index (κ3) is 3.95. The number of terminal acetylenes is 1. The molecule has 0 spiro atoms. The van der Waals surface area contributed by atoms with Gasteiger partial charge in [0.15, 0.2) is 11.5 Å². The van der Waals surface area contributed by atoms with Gasteiger partial charge in [-0.3, -0.25) is 4.79 Å². The lowest BCUT2D eigenvalue weighted by atomic mass is 9.70. The molecule has 0 aromatic heterocycles. The second kappa shape index (κ2) is 6.90. The van der Waals surface area contributed by atoms with Crippen molar-refractivity contribution in [2.45, 2.75) is 44.3 Å². The van der Waals surface area contributed by atoms with Crippen LogP contribution in [0.25, 0.3) is 0 Å². The summed E-state index contributed by atoms with van der Waals surface area (Å²) in [4.78, 5) is 11.4. The number of ketones is 1. The Morgan fingerprint density at radius 1 is 1.04 bits per heavy atom. The van der Waals surface area contributed by atoms with Gasteiger partial charge in [0.25, 0.3) is 0 Å². The van der Waals surface area contributed by atoms with E-state index in [0.29, 0.717) is 18.4 Å². The maximum atomic E-state index is 12.5. The topological polar surface area (TPSA) is 35.5 Å². The highest BCUT2D eigenvalue weighted by Crippen LogP contribution is 2.41. The van der Waals surface area contributed by atoms with Gasteiger partial charge in [0.1, 0.15) is 5.78 Å². The standard InChI is InChI=1S/C16H14F4O3/c1-2-16(7-5-11(21)6-8-16)10-3-4-12(22-14(17)18)13(9-10)23-15(19)20/h1,3-4,9,14-15H,5-8H2. The minimum absolute atomic E-state index is 0.0811. The first-order chi connectivity index (χ1) is 10.9. The van der Waals surface area contributed by atoms with Crippen molar-refractivity contribution < 1.29 is 31.8 Å². The second-order valence-electron chi connectivity index (χ2n) is 5.18. The molecule has 1 aliphatic carbocycles. The van der Waals surface area contributed by atoms with Crippen molar-refractivity contribution in [3.8, 4) is 23.8 Å². The smallest absolute Gasteiger partial charge is 0.387 e. The van der Waals surface area contributed by atoms with Crippen LogP contribution in [-0.4, -0.2) is 19.0 Å². The van der Waals surface area contributed by atoms with E-state index in [4.69, 9.17) is 6.42 Å². The average molecular weight is 330 g/mol. The molecule has 0 heterocycles. The van der Waals surface area contributed by atoms with Gasteiger partial charge in [-0.05, 0) is 30.5 Å². The minimum Gasteiger partial charge on any atom is -0.431 e. The fourth-order valence-electron chi connectivity index (χ4n) is 2.66. The van der Waals surface area contributed by atoms with Crippen molar-refractivity contribution in [2.24, 2.45) is 0 Å². The van der Waals surface area contributed by atoms with E-state index >= 15 is 0 Å². The quantitative estimate of drug-likeness (QED) is 0.607. The van der Waals surface area contributed by atoms with Crippen LogP contribution in [0.2, 0.25) is 0 Å². The number of rotatable bonds is 5. The number of carbonyl (C=O) groups is 1. The summed E-state index contributed by atoms with van der Waals surface area (Å²) in [7, 11) is 0. The van der Waals surface area contributed by atoms with E-state index in [1.807, 2.05) is 0 Å². The molecule has 1 aromatic carbocycles. The molecule has 0 N–H and O–H groups in total. The third-order valence-electron chi connectivity index (χ3n) is 3.87. The Hall–Kier alpha value is -2.23. The van der Waals surface area contributed by atoms with E-state index in [9.17, 15) is 22.4 Å². The van der Waals surface area contributed by atoms with E-state index in [-0.39, 0.29) is 18.6 Å². The van der Waals surface area contributed by atoms with E-state index in [2.05, 4.69) is 15.4 Å². The molecule has 0 amide bonds. The number of benzene rings is 1. The van der Waals surface area contributed by atoms with E-state index in [1.54, 1.807) is 0 Å². The maximum Gasteiger partial charge on any atom is 0.387 e. The largest absolute Gasteiger partial charge is 0.431 e. The molecule has 1 aromatic rings. The first kappa shape index (κ1) is 17.1. The predicted octanol–water partition coefficient (Wildman–Crippen LogP) is 3.90. The Morgan fingerprint density at radius 2 is 1.61 bits per heavy atom. The summed E-state index contributed by atoms with van der Waals surface area (Å²) in [6.45, 7) is -6.37. The van der Waals surface area contributed by atoms with Gasteiger partial charge in [0, 0.05) is 12.8 Å². The molecular formula is C16H14F4O3. The Morgan fingerprint density at radius 3 is 2.13 bits per heavy atom. The summed E-state index contributed by atoms with van der Waals surface area (Å²) in [6.07, 6.45) is 6.88. The van der Waals surface area contributed by atoms with Crippen molar-refractivity contribution in [3.63, 3.8) is 0 Å². The van der Waals surface area contributed by atoms with Crippen molar-refractivity contribution >= 4 is 5.78 Å². The number of hydrogen-bond donors (Lipinski definition) is 0. The molecular weight excluding hydrogens is 316 g/mol. The monoisotopic (exact) mass is 330 g/mol. The molecule has 1 aliphatic rings. The van der Waals surface area contributed by atoms with Crippen molar-refractivity contribution in [3.05, 3.63) is 23.8 Å². The summed E-state index contributed by atoms with van der Waals surface area (Å²) >= 11 is 0. The van der Waals surface area contributed by atoms with Crippen molar-refractivity contribution in [2.75, 3.05) is 0 Å². The number of alkyl halides is 4. The molecule has 1 fully saturated rings. The van der Waals surface area contributed by atoms with Crippen LogP contribution in [0, 0.1) is 12.3 Å². The fourth-order valence-corrected chi connectivity index (χ4v) is 2.66. The van der Waals surface area contributed by atoms with Gasteiger partial charge < -0.3 is 9.47 Å². The SMILES string of the molecule is C#CC1(c2ccc(OC(F)F)c(OC(F)F)c2)CCC(=O)CC1. The zero-order valence-corrected chi connectivity index (χ0v) is 12.0. The van der Waals surface area contributed by atoms with Crippen molar-refractivity contribution in [1.29, 1.82) is 0 Å². The first-order valence-electron chi connectivity index (χ1n) is 6.90. The summed E-state index contributed by atoms with van der Waals surface area (Å²) in [5, 5.41) is 0. The average Bonchev–Trinajstić information content (AvgIpc) is 2.49. The van der Waals surface area contributed by atoms with Crippen LogP contribution in [-0.2, 0) is 10.2 Å². The summed E-state index contributed by atoms with van der Waals surface area (Å²) < 4.78 is 58.1. The van der Waals surface area contributed by atoms with Crippen LogP contribution in [0.5, 0.6) is 11.5 Å². The molecule has 1 saturated carbocycles. The van der Waals surface area contributed by atoms with Crippen LogP contribution in [0.3, 0.4) is 0 Å². The van der Waals surface area contributed by atoms with Gasteiger partial charge in [-0.1, -0.05) is 12.0 Å². The van der Waals surface area contributed by atoms with Crippen molar-refractivity contribution in [1.82, 2.24) is 0 Å². The molecule has 2 rings (SSSR count). The number of ether oxygens (including phenoxy) is 2. The van der Waals surface area contributed by atoms with Crippen LogP contribution in [0.15, 0.2) is 18.2 Å². The van der Waals surface area contributed by atoms with E-state index < -0.39 is 30.1 Å². The van der Waals surface area contributed by atoms with Crippen LogP contribution >= 0.6 is 0 Å². The van der Waals surface area contributed by atoms with Gasteiger partial charge in [-0.15, -0.1) is 6.42 Å². The molecule has 0 radical (unpaired) electrons. The zero-order chi connectivity index (χ0) is 17.0. The normalized spacial score (nSPS) is 17.2. The Balaban J connectivity index is 2.39. The molecule has 0 aliphatic heterocycles. The molecule has 124 valence electrons. The molecule has 0 unspecified atom stereocenters. The van der Waals surface area contributed by atoms with E-state index in [1.165, 1.54) is 12.1 Å². The maximum absolute atomic E-state index is 12.5. The zero-order valence-electron chi connectivity index (χ0n) is 12.0. The molecule has 23 heavy (non-hydrogen) atoms. The molecule has 0 atom stereocenters. The molecule has 3 nitrogen and oxygen atoms in total. The van der Waals surface area contributed by atoms with Crippen LogP contribution in [0.4, 0.5) is 17.6 Å². The van der Waals surface area contributed by atoms with Gasteiger partial charge in [0.2, 0.25) is 0 Å². The number of carbonyl (C=O) groups excluding carboxylic acids is 1. The Bertz CT molecular complexity index is 612. The molecule has 0 saturated heterocycles. The molecule has 0 bridgehead atoms. The van der Waals surface area contributed by atoms with Gasteiger partial charge in [0.05, 0.1) is 5.41 Å².